The Hall–Kier alpha value is -1.36. The van der Waals surface area contributed by atoms with Gasteiger partial charge >= 0.3 is 0 Å². The van der Waals surface area contributed by atoms with Gasteiger partial charge in [-0.15, -0.1) is 0 Å². The van der Waals surface area contributed by atoms with Gasteiger partial charge in [-0.05, 0) is 18.2 Å². The molecule has 0 atom stereocenters. The normalized spacial score (nSPS) is 10.6. The predicted molar refractivity (Wildman–Crippen MR) is 59.3 cm³/mol. The van der Waals surface area contributed by atoms with Gasteiger partial charge in [0.2, 0.25) is 0 Å². The molecular weight excluding hydrogens is 263 g/mol. The fourth-order valence-corrected chi connectivity index (χ4v) is 1.78. The van der Waals surface area contributed by atoms with E-state index in [1.54, 1.807) is 18.2 Å². The van der Waals surface area contributed by atoms with E-state index in [4.69, 9.17) is 0 Å². The maximum absolute atomic E-state index is 13.7. The van der Waals surface area contributed by atoms with E-state index in [1.165, 1.54) is 7.05 Å². The number of aromatic amines is 1. The third kappa shape index (κ3) is 1.63. The summed E-state index contributed by atoms with van der Waals surface area (Å²) >= 11 is 3.28. The van der Waals surface area contributed by atoms with Gasteiger partial charge in [0.15, 0.2) is 5.82 Å². The van der Waals surface area contributed by atoms with Gasteiger partial charge in [-0.3, -0.25) is 4.79 Å². The van der Waals surface area contributed by atoms with Gasteiger partial charge in [-0.1, -0.05) is 15.9 Å². The summed E-state index contributed by atoms with van der Waals surface area (Å²) in [5.74, 6) is -0.975. The molecule has 0 radical (unpaired) electrons. The van der Waals surface area contributed by atoms with Crippen molar-refractivity contribution in [1.29, 1.82) is 0 Å². The maximum atomic E-state index is 13.7. The SMILES string of the molecule is CNC(=O)c1[nH]c2cc(Br)ccc2c1F. The molecule has 2 N–H and O–H groups in total. The van der Waals surface area contributed by atoms with E-state index < -0.39 is 11.7 Å². The zero-order valence-corrected chi connectivity index (χ0v) is 9.48. The topological polar surface area (TPSA) is 44.9 Å². The number of halogens is 2. The van der Waals surface area contributed by atoms with Crippen LogP contribution < -0.4 is 5.32 Å². The first-order valence-electron chi connectivity index (χ1n) is 4.32. The molecule has 15 heavy (non-hydrogen) atoms. The summed E-state index contributed by atoms with van der Waals surface area (Å²) < 4.78 is 14.5. The molecule has 2 rings (SSSR count). The third-order valence-corrected chi connectivity index (χ3v) is 2.64. The third-order valence-electron chi connectivity index (χ3n) is 2.15. The van der Waals surface area contributed by atoms with Gasteiger partial charge < -0.3 is 10.3 Å². The van der Waals surface area contributed by atoms with Crippen LogP contribution in [0.2, 0.25) is 0 Å². The fraction of sp³-hybridized carbons (Fsp3) is 0.100. The first kappa shape index (κ1) is 10.2. The lowest BCUT2D eigenvalue weighted by molar-refractivity contribution is 0.0955. The minimum Gasteiger partial charge on any atom is -0.354 e. The monoisotopic (exact) mass is 270 g/mol. The molecule has 0 fully saturated rings. The second-order valence-electron chi connectivity index (χ2n) is 3.08. The van der Waals surface area contributed by atoms with Crippen LogP contribution >= 0.6 is 15.9 Å². The van der Waals surface area contributed by atoms with Crippen LogP contribution in [-0.4, -0.2) is 17.9 Å². The molecule has 2 aromatic rings. The molecule has 1 aromatic carbocycles. The van der Waals surface area contributed by atoms with Crippen LogP contribution in [0.1, 0.15) is 10.5 Å². The average molecular weight is 271 g/mol. The number of hydrogen-bond acceptors (Lipinski definition) is 1. The quantitative estimate of drug-likeness (QED) is 0.822. The first-order chi connectivity index (χ1) is 7.13. The van der Waals surface area contributed by atoms with Crippen molar-refractivity contribution in [2.75, 3.05) is 7.05 Å². The molecular formula is C10H8BrFN2O. The highest BCUT2D eigenvalue weighted by Gasteiger charge is 2.16. The van der Waals surface area contributed by atoms with Gasteiger partial charge in [0.05, 0.1) is 5.52 Å². The lowest BCUT2D eigenvalue weighted by atomic mass is 10.2. The Bertz CT molecular complexity index is 535. The van der Waals surface area contributed by atoms with Crippen LogP contribution in [-0.2, 0) is 0 Å². The van der Waals surface area contributed by atoms with E-state index in [0.717, 1.165) is 4.47 Å². The molecule has 0 aliphatic rings. The van der Waals surface area contributed by atoms with Crippen molar-refractivity contribution in [2.45, 2.75) is 0 Å². The molecule has 0 aliphatic heterocycles. The van der Waals surface area contributed by atoms with E-state index in [0.29, 0.717) is 10.9 Å². The molecule has 0 aliphatic carbocycles. The Morgan fingerprint density at radius 1 is 1.53 bits per heavy atom. The number of benzene rings is 1. The summed E-state index contributed by atoms with van der Waals surface area (Å²) in [6.45, 7) is 0. The van der Waals surface area contributed by atoms with E-state index in [9.17, 15) is 9.18 Å². The number of carbonyl (C=O) groups is 1. The van der Waals surface area contributed by atoms with Crippen LogP contribution in [0.25, 0.3) is 10.9 Å². The van der Waals surface area contributed by atoms with Crippen LogP contribution in [0.5, 0.6) is 0 Å². The summed E-state index contributed by atoms with van der Waals surface area (Å²) in [6.07, 6.45) is 0. The first-order valence-corrected chi connectivity index (χ1v) is 5.11. The van der Waals surface area contributed by atoms with Crippen molar-refractivity contribution in [3.8, 4) is 0 Å². The van der Waals surface area contributed by atoms with Gasteiger partial charge in [-0.2, -0.15) is 0 Å². The van der Waals surface area contributed by atoms with Crippen LogP contribution in [0.4, 0.5) is 4.39 Å². The van der Waals surface area contributed by atoms with Gasteiger partial charge in [0, 0.05) is 16.9 Å². The second kappa shape index (κ2) is 3.66. The number of amides is 1. The number of hydrogen-bond donors (Lipinski definition) is 2. The number of nitrogens with one attached hydrogen (secondary N) is 2. The largest absolute Gasteiger partial charge is 0.354 e. The van der Waals surface area contributed by atoms with Crippen molar-refractivity contribution in [3.05, 3.63) is 34.2 Å². The van der Waals surface area contributed by atoms with E-state index in [1.807, 2.05) is 0 Å². The average Bonchev–Trinajstić information content (AvgIpc) is 2.54. The molecule has 0 saturated carbocycles. The predicted octanol–water partition coefficient (Wildman–Crippen LogP) is 2.43. The Labute approximate surface area is 93.8 Å². The van der Waals surface area contributed by atoms with Crippen LogP contribution in [0, 0.1) is 5.82 Å². The summed E-state index contributed by atoms with van der Waals surface area (Å²) in [6, 6.07) is 5.08. The Morgan fingerprint density at radius 3 is 2.93 bits per heavy atom. The highest BCUT2D eigenvalue weighted by atomic mass is 79.9. The number of rotatable bonds is 1. The van der Waals surface area contributed by atoms with E-state index >= 15 is 0 Å². The van der Waals surface area contributed by atoms with E-state index in [2.05, 4.69) is 26.2 Å². The van der Waals surface area contributed by atoms with Crippen LogP contribution in [0.15, 0.2) is 22.7 Å². The van der Waals surface area contributed by atoms with Crippen molar-refractivity contribution in [3.63, 3.8) is 0 Å². The minimum absolute atomic E-state index is 0.0365. The second-order valence-corrected chi connectivity index (χ2v) is 4.00. The van der Waals surface area contributed by atoms with Crippen molar-refractivity contribution in [2.24, 2.45) is 0 Å². The molecule has 0 spiro atoms. The minimum atomic E-state index is -0.517. The number of carbonyl (C=O) groups excluding carboxylic acids is 1. The fourth-order valence-electron chi connectivity index (χ4n) is 1.42. The Balaban J connectivity index is 2.69. The molecule has 0 saturated heterocycles. The maximum Gasteiger partial charge on any atom is 0.270 e. The molecule has 3 nitrogen and oxygen atoms in total. The lowest BCUT2D eigenvalue weighted by Gasteiger charge is -1.94. The Morgan fingerprint density at radius 2 is 2.27 bits per heavy atom. The highest BCUT2D eigenvalue weighted by Crippen LogP contribution is 2.24. The molecule has 0 unspecified atom stereocenters. The summed E-state index contributed by atoms with van der Waals surface area (Å²) in [4.78, 5) is 14.0. The number of aromatic nitrogens is 1. The molecule has 1 amide bonds. The smallest absolute Gasteiger partial charge is 0.270 e. The summed E-state index contributed by atoms with van der Waals surface area (Å²) in [5, 5.41) is 2.79. The molecule has 5 heteroatoms. The molecule has 1 heterocycles. The standard InChI is InChI=1S/C10H8BrFN2O/c1-13-10(15)9-8(12)6-3-2-5(11)4-7(6)14-9/h2-4,14H,1H3,(H,13,15). The lowest BCUT2D eigenvalue weighted by Crippen LogP contribution is -2.19. The van der Waals surface area contributed by atoms with Gasteiger partial charge in [-0.25, -0.2) is 4.39 Å². The molecule has 0 bridgehead atoms. The van der Waals surface area contributed by atoms with Crippen molar-refractivity contribution < 1.29 is 9.18 Å². The van der Waals surface area contributed by atoms with Crippen LogP contribution in [0.3, 0.4) is 0 Å². The van der Waals surface area contributed by atoms with E-state index in [-0.39, 0.29) is 5.69 Å². The zero-order valence-electron chi connectivity index (χ0n) is 7.90. The van der Waals surface area contributed by atoms with Gasteiger partial charge in [0.1, 0.15) is 5.69 Å². The zero-order chi connectivity index (χ0) is 11.0. The summed E-state index contributed by atoms with van der Waals surface area (Å²) in [7, 11) is 1.46. The molecule has 1 aromatic heterocycles. The summed E-state index contributed by atoms with van der Waals surface area (Å²) in [5.41, 5.74) is 0.561. The number of fused-ring (bicyclic) bond motifs is 1. The Kier molecular flexibility index (Phi) is 2.48. The highest BCUT2D eigenvalue weighted by molar-refractivity contribution is 9.10. The van der Waals surface area contributed by atoms with Crippen molar-refractivity contribution in [1.82, 2.24) is 10.3 Å². The number of H-pyrrole nitrogens is 1. The van der Waals surface area contributed by atoms with Gasteiger partial charge in [0.25, 0.3) is 5.91 Å². The molecule has 78 valence electrons. The van der Waals surface area contributed by atoms with Crippen molar-refractivity contribution >= 4 is 32.7 Å².